The van der Waals surface area contributed by atoms with Gasteiger partial charge in [-0.1, -0.05) is 37.3 Å². The van der Waals surface area contributed by atoms with Crippen LogP contribution in [0.25, 0.3) is 0 Å². The van der Waals surface area contributed by atoms with Gasteiger partial charge < -0.3 is 0 Å². The maximum Gasteiger partial charge on any atom is 0.0931 e. The van der Waals surface area contributed by atoms with Gasteiger partial charge in [-0.05, 0) is 37.2 Å². The summed E-state index contributed by atoms with van der Waals surface area (Å²) < 4.78 is 0. The van der Waals surface area contributed by atoms with Crippen molar-refractivity contribution in [3.8, 4) is 0 Å². The molecule has 1 aromatic heterocycles. The fourth-order valence-corrected chi connectivity index (χ4v) is 3.67. The Labute approximate surface area is 113 Å². The van der Waals surface area contributed by atoms with Gasteiger partial charge in [0.05, 0.1) is 10.7 Å². The Balaban J connectivity index is 1.85. The minimum Gasteiger partial charge on any atom is -0.246 e. The number of aryl methyl sites for hydroxylation is 1. The Kier molecular flexibility index (Phi) is 3.46. The summed E-state index contributed by atoms with van der Waals surface area (Å²) in [6.45, 7) is 2.23. The van der Waals surface area contributed by atoms with Crippen molar-refractivity contribution < 1.29 is 0 Å². The molecule has 0 bridgehead atoms. The first-order valence-corrected chi connectivity index (χ1v) is 7.71. The topological polar surface area (TPSA) is 12.9 Å². The van der Waals surface area contributed by atoms with E-state index in [0.717, 1.165) is 18.8 Å². The molecular formula is C16H19NS. The summed E-state index contributed by atoms with van der Waals surface area (Å²) in [6.07, 6.45) is 6.08. The highest BCUT2D eigenvalue weighted by atomic mass is 32.1. The number of thiazole rings is 1. The quantitative estimate of drug-likeness (QED) is 0.765. The van der Waals surface area contributed by atoms with Crippen molar-refractivity contribution in [3.63, 3.8) is 0 Å². The molecule has 2 heteroatoms. The summed E-state index contributed by atoms with van der Waals surface area (Å²) >= 11 is 1.96. The molecule has 94 valence electrons. The molecule has 0 saturated heterocycles. The average Bonchev–Trinajstić information content (AvgIpc) is 3.15. The molecule has 0 spiro atoms. The molecule has 0 radical (unpaired) electrons. The van der Waals surface area contributed by atoms with E-state index in [-0.39, 0.29) is 0 Å². The molecule has 3 rings (SSSR count). The Hall–Kier alpha value is -1.15. The van der Waals surface area contributed by atoms with Crippen molar-refractivity contribution in [2.24, 2.45) is 0 Å². The first-order chi connectivity index (χ1) is 8.86. The number of aromatic nitrogens is 1. The normalized spacial score (nSPS) is 14.9. The van der Waals surface area contributed by atoms with Crippen molar-refractivity contribution in [2.45, 2.75) is 44.9 Å². The molecule has 18 heavy (non-hydrogen) atoms. The zero-order valence-corrected chi connectivity index (χ0v) is 11.7. The lowest BCUT2D eigenvalue weighted by molar-refractivity contribution is 0.894. The molecule has 1 aliphatic carbocycles. The molecule has 0 N–H and O–H groups in total. The Morgan fingerprint density at radius 1 is 1.22 bits per heavy atom. The third-order valence-corrected chi connectivity index (χ3v) is 4.72. The van der Waals surface area contributed by atoms with E-state index < -0.39 is 0 Å². The minimum atomic E-state index is 0.826. The Morgan fingerprint density at radius 3 is 2.67 bits per heavy atom. The molecule has 1 fully saturated rings. The summed E-state index contributed by atoms with van der Waals surface area (Å²) in [7, 11) is 0. The first kappa shape index (κ1) is 11.9. The smallest absolute Gasteiger partial charge is 0.0931 e. The van der Waals surface area contributed by atoms with Crippen LogP contribution in [0.5, 0.6) is 0 Å². The van der Waals surface area contributed by atoms with Gasteiger partial charge in [0.1, 0.15) is 0 Å². The second-order valence-electron chi connectivity index (χ2n) is 5.11. The third-order valence-electron chi connectivity index (χ3n) is 3.40. The molecule has 1 aromatic carbocycles. The second kappa shape index (κ2) is 5.23. The highest BCUT2D eigenvalue weighted by Crippen LogP contribution is 2.45. The van der Waals surface area contributed by atoms with Gasteiger partial charge in [-0.15, -0.1) is 11.3 Å². The van der Waals surface area contributed by atoms with Gasteiger partial charge in [0.2, 0.25) is 0 Å². The van der Waals surface area contributed by atoms with Gasteiger partial charge in [-0.25, -0.2) is 4.98 Å². The molecule has 1 nitrogen and oxygen atoms in total. The highest BCUT2D eigenvalue weighted by Gasteiger charge is 2.29. The van der Waals surface area contributed by atoms with Crippen molar-refractivity contribution in [1.82, 2.24) is 4.98 Å². The molecular weight excluding hydrogens is 238 g/mol. The lowest BCUT2D eigenvalue weighted by Crippen LogP contribution is -1.92. The van der Waals surface area contributed by atoms with E-state index in [1.54, 1.807) is 4.88 Å². The van der Waals surface area contributed by atoms with Gasteiger partial charge in [-0.3, -0.25) is 0 Å². The van der Waals surface area contributed by atoms with E-state index in [4.69, 9.17) is 4.98 Å². The predicted octanol–water partition coefficient (Wildman–Crippen LogP) is 4.56. The number of rotatable bonds is 5. The predicted molar refractivity (Wildman–Crippen MR) is 77.3 cm³/mol. The van der Waals surface area contributed by atoms with Crippen LogP contribution in [0.1, 0.15) is 53.2 Å². The molecule has 0 amide bonds. The maximum atomic E-state index is 4.87. The van der Waals surface area contributed by atoms with E-state index in [1.807, 2.05) is 11.3 Å². The van der Waals surface area contributed by atoms with E-state index in [1.165, 1.54) is 35.5 Å². The van der Waals surface area contributed by atoms with Crippen LogP contribution >= 0.6 is 11.3 Å². The van der Waals surface area contributed by atoms with Gasteiger partial charge in [0.25, 0.3) is 0 Å². The number of hydrogen-bond donors (Lipinski definition) is 0. The van der Waals surface area contributed by atoms with Crippen LogP contribution in [0.15, 0.2) is 30.3 Å². The van der Waals surface area contributed by atoms with Crippen LogP contribution in [0.2, 0.25) is 0 Å². The molecule has 2 aromatic rings. The largest absolute Gasteiger partial charge is 0.246 e. The van der Waals surface area contributed by atoms with Crippen LogP contribution in [0.3, 0.4) is 0 Å². The molecule has 0 atom stereocenters. The van der Waals surface area contributed by atoms with Gasteiger partial charge in [-0.2, -0.15) is 0 Å². The number of hydrogen-bond acceptors (Lipinski definition) is 2. The van der Waals surface area contributed by atoms with Gasteiger partial charge in [0.15, 0.2) is 0 Å². The standard InChI is InChI=1S/C16H19NS/c1-2-6-15-17-14(16(18-15)13-9-10-13)11-12-7-4-3-5-8-12/h3-5,7-8,13H,2,6,9-11H2,1H3. The van der Waals surface area contributed by atoms with Crippen LogP contribution < -0.4 is 0 Å². The summed E-state index contributed by atoms with van der Waals surface area (Å²) in [5, 5.41) is 1.34. The van der Waals surface area contributed by atoms with Crippen LogP contribution in [0.4, 0.5) is 0 Å². The highest BCUT2D eigenvalue weighted by molar-refractivity contribution is 7.11. The summed E-state index contributed by atoms with van der Waals surface area (Å²) in [4.78, 5) is 6.45. The van der Waals surface area contributed by atoms with Crippen LogP contribution in [-0.2, 0) is 12.8 Å². The van der Waals surface area contributed by atoms with E-state index >= 15 is 0 Å². The number of benzene rings is 1. The van der Waals surface area contributed by atoms with Crippen molar-refractivity contribution in [2.75, 3.05) is 0 Å². The maximum absolute atomic E-state index is 4.87. The Bertz CT molecular complexity index is 511. The number of nitrogens with zero attached hydrogens (tertiary/aromatic N) is 1. The zero-order chi connectivity index (χ0) is 12.4. The fraction of sp³-hybridized carbons (Fsp3) is 0.438. The molecule has 1 heterocycles. The van der Waals surface area contributed by atoms with E-state index in [2.05, 4.69) is 37.3 Å². The third kappa shape index (κ3) is 2.64. The molecule has 1 saturated carbocycles. The van der Waals surface area contributed by atoms with Gasteiger partial charge >= 0.3 is 0 Å². The van der Waals surface area contributed by atoms with Crippen LogP contribution in [-0.4, -0.2) is 4.98 Å². The summed E-state index contributed by atoms with van der Waals surface area (Å²) in [5.74, 6) is 0.826. The Morgan fingerprint density at radius 2 is 2.00 bits per heavy atom. The SMILES string of the molecule is CCCc1nc(Cc2ccccc2)c(C2CC2)s1. The molecule has 0 aliphatic heterocycles. The summed E-state index contributed by atoms with van der Waals surface area (Å²) in [5.41, 5.74) is 2.73. The van der Waals surface area contributed by atoms with Crippen LogP contribution in [0, 0.1) is 0 Å². The van der Waals surface area contributed by atoms with Crippen molar-refractivity contribution >= 4 is 11.3 Å². The van der Waals surface area contributed by atoms with Gasteiger partial charge in [0, 0.05) is 11.3 Å². The lowest BCUT2D eigenvalue weighted by Gasteiger charge is -2.00. The summed E-state index contributed by atoms with van der Waals surface area (Å²) in [6, 6.07) is 10.7. The molecule has 1 aliphatic rings. The van der Waals surface area contributed by atoms with Crippen molar-refractivity contribution in [3.05, 3.63) is 51.5 Å². The fourth-order valence-electron chi connectivity index (χ4n) is 2.32. The minimum absolute atomic E-state index is 0.826. The average molecular weight is 257 g/mol. The van der Waals surface area contributed by atoms with E-state index in [9.17, 15) is 0 Å². The zero-order valence-electron chi connectivity index (χ0n) is 10.9. The first-order valence-electron chi connectivity index (χ1n) is 6.89. The van der Waals surface area contributed by atoms with E-state index in [0.29, 0.717) is 0 Å². The monoisotopic (exact) mass is 257 g/mol. The van der Waals surface area contributed by atoms with Crippen molar-refractivity contribution in [1.29, 1.82) is 0 Å². The lowest BCUT2D eigenvalue weighted by atomic mass is 10.1. The second-order valence-corrected chi connectivity index (χ2v) is 6.22. The molecule has 0 unspecified atom stereocenters.